The van der Waals surface area contributed by atoms with Crippen molar-refractivity contribution >= 4 is 26.0 Å². The molecule has 0 spiro atoms. The van der Waals surface area contributed by atoms with E-state index in [1.807, 2.05) is 13.8 Å². The highest BCUT2D eigenvalue weighted by Crippen LogP contribution is 2.29. The van der Waals surface area contributed by atoms with Crippen molar-refractivity contribution in [2.75, 3.05) is 20.2 Å². The summed E-state index contributed by atoms with van der Waals surface area (Å²) < 4.78 is 32.6. The van der Waals surface area contributed by atoms with Crippen LogP contribution in [0, 0.1) is 0 Å². The summed E-state index contributed by atoms with van der Waals surface area (Å²) in [6.45, 7) is 4.88. The Morgan fingerprint density at radius 1 is 1.32 bits per heavy atom. The Labute approximate surface area is 123 Å². The molecule has 1 rings (SSSR count). The van der Waals surface area contributed by atoms with Crippen LogP contribution in [0.15, 0.2) is 27.6 Å². The quantitative estimate of drug-likeness (QED) is 0.758. The first kappa shape index (κ1) is 16.5. The van der Waals surface area contributed by atoms with Crippen molar-refractivity contribution in [1.29, 1.82) is 0 Å². The Kier molecular flexibility index (Phi) is 6.29. The van der Waals surface area contributed by atoms with Gasteiger partial charge in [-0.25, -0.2) is 8.42 Å². The van der Waals surface area contributed by atoms with Gasteiger partial charge in [-0.15, -0.1) is 0 Å². The van der Waals surface area contributed by atoms with E-state index in [1.54, 1.807) is 18.2 Å². The number of unbranched alkanes of at least 4 members (excludes halogenated alkanes) is 1. The minimum Gasteiger partial charge on any atom is -0.495 e. The van der Waals surface area contributed by atoms with Crippen LogP contribution in [0.4, 0.5) is 0 Å². The predicted molar refractivity (Wildman–Crippen MR) is 80.0 cm³/mol. The summed E-state index contributed by atoms with van der Waals surface area (Å²) in [6.07, 6.45) is 1.81. The zero-order valence-corrected chi connectivity index (χ0v) is 13.9. The lowest BCUT2D eigenvalue weighted by Gasteiger charge is -2.21. The third-order valence-corrected chi connectivity index (χ3v) is 5.35. The smallest absolute Gasteiger partial charge is 0.246 e. The molecular formula is C13H20BrNO3S. The van der Waals surface area contributed by atoms with Crippen molar-refractivity contribution in [3.8, 4) is 5.75 Å². The molecule has 0 unspecified atom stereocenters. The average Bonchev–Trinajstić information content (AvgIpc) is 2.39. The average molecular weight is 350 g/mol. The summed E-state index contributed by atoms with van der Waals surface area (Å²) in [6, 6.07) is 5.01. The maximum atomic E-state index is 12.6. The molecule has 0 saturated heterocycles. The molecule has 0 aromatic heterocycles. The number of sulfonamides is 1. The highest BCUT2D eigenvalue weighted by Gasteiger charge is 2.26. The van der Waals surface area contributed by atoms with Gasteiger partial charge in [0.1, 0.15) is 10.6 Å². The summed E-state index contributed by atoms with van der Waals surface area (Å²) in [5, 5.41) is 0. The number of rotatable bonds is 7. The van der Waals surface area contributed by atoms with Crippen LogP contribution in [-0.4, -0.2) is 32.9 Å². The molecule has 0 bridgehead atoms. The lowest BCUT2D eigenvalue weighted by molar-refractivity contribution is 0.390. The van der Waals surface area contributed by atoms with E-state index >= 15 is 0 Å². The van der Waals surface area contributed by atoms with Crippen LogP contribution in [-0.2, 0) is 10.0 Å². The SMILES string of the molecule is CCCCN(CC)S(=O)(=O)c1cc(Br)ccc1OC. The van der Waals surface area contributed by atoms with E-state index in [4.69, 9.17) is 4.74 Å². The first-order chi connectivity index (χ1) is 8.97. The second kappa shape index (κ2) is 7.26. The van der Waals surface area contributed by atoms with E-state index in [1.165, 1.54) is 11.4 Å². The molecule has 0 aliphatic carbocycles. The molecule has 6 heteroatoms. The molecule has 19 heavy (non-hydrogen) atoms. The van der Waals surface area contributed by atoms with E-state index in [2.05, 4.69) is 15.9 Å². The van der Waals surface area contributed by atoms with Crippen LogP contribution in [0.25, 0.3) is 0 Å². The molecule has 0 amide bonds. The minimum absolute atomic E-state index is 0.210. The lowest BCUT2D eigenvalue weighted by atomic mass is 10.3. The van der Waals surface area contributed by atoms with Gasteiger partial charge in [0.15, 0.2) is 0 Å². The lowest BCUT2D eigenvalue weighted by Crippen LogP contribution is -2.32. The highest BCUT2D eigenvalue weighted by molar-refractivity contribution is 9.10. The van der Waals surface area contributed by atoms with E-state index in [9.17, 15) is 8.42 Å². The molecule has 0 atom stereocenters. The molecule has 0 fully saturated rings. The van der Waals surface area contributed by atoms with Crippen molar-refractivity contribution in [2.24, 2.45) is 0 Å². The molecule has 1 aromatic carbocycles. The van der Waals surface area contributed by atoms with Crippen molar-refractivity contribution < 1.29 is 13.2 Å². The first-order valence-corrected chi connectivity index (χ1v) is 8.54. The topological polar surface area (TPSA) is 46.6 Å². The summed E-state index contributed by atoms with van der Waals surface area (Å²) in [4.78, 5) is 0.210. The molecule has 1 aromatic rings. The molecule has 0 radical (unpaired) electrons. The van der Waals surface area contributed by atoms with E-state index in [-0.39, 0.29) is 4.90 Å². The van der Waals surface area contributed by atoms with Crippen LogP contribution < -0.4 is 4.74 Å². The van der Waals surface area contributed by atoms with Gasteiger partial charge in [0.2, 0.25) is 10.0 Å². The number of ether oxygens (including phenoxy) is 1. The normalized spacial score (nSPS) is 11.8. The van der Waals surface area contributed by atoms with E-state index in [0.717, 1.165) is 17.3 Å². The molecule has 0 heterocycles. The molecule has 0 aliphatic heterocycles. The maximum absolute atomic E-state index is 12.6. The minimum atomic E-state index is -3.51. The molecular weight excluding hydrogens is 330 g/mol. The number of benzene rings is 1. The largest absolute Gasteiger partial charge is 0.495 e. The van der Waals surface area contributed by atoms with Gasteiger partial charge in [-0.1, -0.05) is 36.2 Å². The van der Waals surface area contributed by atoms with Gasteiger partial charge in [-0.05, 0) is 24.6 Å². The fraction of sp³-hybridized carbons (Fsp3) is 0.538. The molecule has 0 saturated carbocycles. The Hall–Kier alpha value is -0.590. The number of halogens is 1. The summed E-state index contributed by atoms with van der Waals surface area (Å²) in [7, 11) is -2.03. The van der Waals surface area contributed by atoms with Crippen LogP contribution in [0.3, 0.4) is 0 Å². The van der Waals surface area contributed by atoms with Crippen molar-refractivity contribution in [2.45, 2.75) is 31.6 Å². The number of hydrogen-bond donors (Lipinski definition) is 0. The second-order valence-electron chi connectivity index (χ2n) is 4.15. The van der Waals surface area contributed by atoms with Gasteiger partial charge in [-0.2, -0.15) is 4.31 Å². The van der Waals surface area contributed by atoms with Gasteiger partial charge < -0.3 is 4.74 Å². The van der Waals surface area contributed by atoms with E-state index in [0.29, 0.717) is 18.8 Å². The van der Waals surface area contributed by atoms with Gasteiger partial charge in [-0.3, -0.25) is 0 Å². The van der Waals surface area contributed by atoms with Crippen molar-refractivity contribution in [1.82, 2.24) is 4.31 Å². The number of methoxy groups -OCH3 is 1. The summed E-state index contributed by atoms with van der Waals surface area (Å²) in [5.41, 5.74) is 0. The van der Waals surface area contributed by atoms with Gasteiger partial charge in [0, 0.05) is 17.6 Å². The second-order valence-corrected chi connectivity index (χ2v) is 6.97. The van der Waals surface area contributed by atoms with E-state index < -0.39 is 10.0 Å². The molecule has 0 N–H and O–H groups in total. The van der Waals surface area contributed by atoms with Crippen LogP contribution in [0.1, 0.15) is 26.7 Å². The summed E-state index contributed by atoms with van der Waals surface area (Å²) in [5.74, 6) is 0.373. The standard InChI is InChI=1S/C13H20BrNO3S/c1-4-6-9-15(5-2)19(16,17)13-10-11(14)7-8-12(13)18-3/h7-8,10H,4-6,9H2,1-3H3. The fourth-order valence-corrected chi connectivity index (χ4v) is 3.96. The fourth-order valence-electron chi connectivity index (χ4n) is 1.77. The molecule has 108 valence electrons. The Balaban J connectivity index is 3.20. The predicted octanol–water partition coefficient (Wildman–Crippen LogP) is 3.27. The first-order valence-electron chi connectivity index (χ1n) is 6.31. The Morgan fingerprint density at radius 3 is 2.53 bits per heavy atom. The van der Waals surface area contributed by atoms with Crippen LogP contribution in [0.2, 0.25) is 0 Å². The van der Waals surface area contributed by atoms with Crippen molar-refractivity contribution in [3.63, 3.8) is 0 Å². The van der Waals surface area contributed by atoms with Gasteiger partial charge in [0.25, 0.3) is 0 Å². The summed E-state index contributed by atoms with van der Waals surface area (Å²) >= 11 is 3.30. The third kappa shape index (κ3) is 3.94. The van der Waals surface area contributed by atoms with Gasteiger partial charge in [0.05, 0.1) is 7.11 Å². The highest BCUT2D eigenvalue weighted by atomic mass is 79.9. The number of hydrogen-bond acceptors (Lipinski definition) is 3. The van der Waals surface area contributed by atoms with Crippen LogP contribution in [0.5, 0.6) is 5.75 Å². The Morgan fingerprint density at radius 2 is 2.00 bits per heavy atom. The van der Waals surface area contributed by atoms with Gasteiger partial charge >= 0.3 is 0 Å². The van der Waals surface area contributed by atoms with Crippen LogP contribution >= 0.6 is 15.9 Å². The zero-order valence-electron chi connectivity index (χ0n) is 11.5. The van der Waals surface area contributed by atoms with Crippen molar-refractivity contribution in [3.05, 3.63) is 22.7 Å². The molecule has 4 nitrogen and oxygen atoms in total. The monoisotopic (exact) mass is 349 g/mol. The third-order valence-electron chi connectivity index (χ3n) is 2.86. The molecule has 0 aliphatic rings. The maximum Gasteiger partial charge on any atom is 0.246 e. The zero-order chi connectivity index (χ0) is 14.5. The number of nitrogens with zero attached hydrogens (tertiary/aromatic N) is 1. The Bertz CT molecular complexity index is 517.